The molecule has 0 radical (unpaired) electrons. The second-order valence-corrected chi connectivity index (χ2v) is 3.64. The predicted octanol–water partition coefficient (Wildman–Crippen LogP) is 1.42. The van der Waals surface area contributed by atoms with Gasteiger partial charge in [-0.3, -0.25) is 4.79 Å². The highest BCUT2D eigenvalue weighted by atomic mass is 16.3. The first-order valence-electron chi connectivity index (χ1n) is 5.15. The number of furan rings is 1. The van der Waals surface area contributed by atoms with Gasteiger partial charge in [0.2, 0.25) is 0 Å². The minimum atomic E-state index is -0.506. The summed E-state index contributed by atoms with van der Waals surface area (Å²) in [4.78, 5) is 11.4. The summed E-state index contributed by atoms with van der Waals surface area (Å²) in [6.07, 6.45) is 1.83. The van der Waals surface area contributed by atoms with Crippen LogP contribution in [0.4, 0.5) is 0 Å². The zero-order chi connectivity index (χ0) is 11.3. The van der Waals surface area contributed by atoms with E-state index in [1.165, 1.54) is 6.26 Å². The van der Waals surface area contributed by atoms with Gasteiger partial charge < -0.3 is 14.8 Å². The van der Waals surface area contributed by atoms with Gasteiger partial charge in [-0.25, -0.2) is 0 Å². The zero-order valence-corrected chi connectivity index (χ0v) is 9.06. The molecule has 0 aliphatic carbocycles. The molecule has 0 saturated carbocycles. The molecule has 84 valence electrons. The molecule has 0 bridgehead atoms. The third kappa shape index (κ3) is 3.40. The molecule has 2 N–H and O–H groups in total. The van der Waals surface area contributed by atoms with Gasteiger partial charge >= 0.3 is 0 Å². The van der Waals surface area contributed by atoms with Crippen LogP contribution in [0, 0.1) is 5.92 Å². The van der Waals surface area contributed by atoms with Crippen LogP contribution >= 0.6 is 0 Å². The summed E-state index contributed by atoms with van der Waals surface area (Å²) in [5, 5.41) is 12.2. The molecule has 4 nitrogen and oxygen atoms in total. The molecule has 0 aromatic carbocycles. The molecule has 0 saturated heterocycles. The van der Waals surface area contributed by atoms with Crippen molar-refractivity contribution < 1.29 is 14.3 Å². The van der Waals surface area contributed by atoms with Gasteiger partial charge in [0.15, 0.2) is 5.76 Å². The van der Waals surface area contributed by atoms with E-state index in [1.54, 1.807) is 12.1 Å². The van der Waals surface area contributed by atoms with Crippen molar-refractivity contribution in [3.8, 4) is 0 Å². The molecule has 0 fully saturated rings. The summed E-state index contributed by atoms with van der Waals surface area (Å²) in [7, 11) is 0. The molecule has 15 heavy (non-hydrogen) atoms. The van der Waals surface area contributed by atoms with Gasteiger partial charge in [-0.15, -0.1) is 0 Å². The first kappa shape index (κ1) is 11.8. The number of aliphatic hydroxyl groups excluding tert-OH is 1. The fourth-order valence-corrected chi connectivity index (χ4v) is 1.17. The first-order valence-corrected chi connectivity index (χ1v) is 5.15. The quantitative estimate of drug-likeness (QED) is 0.774. The maximum Gasteiger partial charge on any atom is 0.287 e. The van der Waals surface area contributed by atoms with E-state index >= 15 is 0 Å². The number of hydrogen-bond donors (Lipinski definition) is 2. The largest absolute Gasteiger partial charge is 0.459 e. The monoisotopic (exact) mass is 211 g/mol. The number of carbonyl (C=O) groups excluding carboxylic acids is 1. The Labute approximate surface area is 89.3 Å². The Morgan fingerprint density at radius 3 is 2.93 bits per heavy atom. The van der Waals surface area contributed by atoms with Crippen LogP contribution in [0.25, 0.3) is 0 Å². The molecular formula is C11H17NO3. The second kappa shape index (κ2) is 5.56. The summed E-state index contributed by atoms with van der Waals surface area (Å²) < 4.78 is 4.92. The summed E-state index contributed by atoms with van der Waals surface area (Å²) in [5.74, 6) is 0.163. The van der Waals surface area contributed by atoms with Crippen LogP contribution in [0.3, 0.4) is 0 Å². The molecule has 1 aromatic heterocycles. The summed E-state index contributed by atoms with van der Waals surface area (Å²) in [6, 6.07) is 3.24. The van der Waals surface area contributed by atoms with Crippen molar-refractivity contribution >= 4 is 5.91 Å². The van der Waals surface area contributed by atoms with Crippen molar-refractivity contribution in [1.82, 2.24) is 5.32 Å². The molecule has 0 spiro atoms. The topological polar surface area (TPSA) is 62.5 Å². The fraction of sp³-hybridized carbons (Fsp3) is 0.545. The average molecular weight is 211 g/mol. The molecule has 0 aliphatic rings. The lowest BCUT2D eigenvalue weighted by Crippen LogP contribution is -2.35. The maximum atomic E-state index is 11.4. The zero-order valence-electron chi connectivity index (χ0n) is 9.06. The minimum Gasteiger partial charge on any atom is -0.459 e. The average Bonchev–Trinajstić information content (AvgIpc) is 2.77. The minimum absolute atomic E-state index is 0.182. The molecule has 2 atom stereocenters. The van der Waals surface area contributed by atoms with E-state index < -0.39 is 6.10 Å². The normalized spacial score (nSPS) is 14.6. The Hall–Kier alpha value is -1.29. The first-order chi connectivity index (χ1) is 7.15. The van der Waals surface area contributed by atoms with Crippen molar-refractivity contribution in [2.24, 2.45) is 5.92 Å². The van der Waals surface area contributed by atoms with Crippen LogP contribution < -0.4 is 5.32 Å². The van der Waals surface area contributed by atoms with E-state index in [2.05, 4.69) is 5.32 Å². The van der Waals surface area contributed by atoms with Crippen molar-refractivity contribution in [2.75, 3.05) is 6.54 Å². The number of hydrogen-bond acceptors (Lipinski definition) is 3. The van der Waals surface area contributed by atoms with E-state index in [-0.39, 0.29) is 24.1 Å². The van der Waals surface area contributed by atoms with Crippen LogP contribution in [0.2, 0.25) is 0 Å². The van der Waals surface area contributed by atoms with E-state index in [4.69, 9.17) is 4.42 Å². The predicted molar refractivity (Wildman–Crippen MR) is 56.5 cm³/mol. The number of rotatable bonds is 5. The number of carbonyl (C=O) groups is 1. The fourth-order valence-electron chi connectivity index (χ4n) is 1.17. The van der Waals surface area contributed by atoms with Crippen LogP contribution in [-0.4, -0.2) is 23.7 Å². The second-order valence-electron chi connectivity index (χ2n) is 3.64. The number of amides is 1. The molecule has 1 aromatic rings. The van der Waals surface area contributed by atoms with Gasteiger partial charge in [-0.1, -0.05) is 20.3 Å². The maximum absolute atomic E-state index is 11.4. The smallest absolute Gasteiger partial charge is 0.287 e. The third-order valence-electron chi connectivity index (χ3n) is 2.52. The molecule has 1 rings (SSSR count). The highest BCUT2D eigenvalue weighted by Crippen LogP contribution is 2.06. The lowest BCUT2D eigenvalue weighted by atomic mass is 10.0. The van der Waals surface area contributed by atoms with Crippen molar-refractivity contribution in [2.45, 2.75) is 26.4 Å². The van der Waals surface area contributed by atoms with Crippen molar-refractivity contribution in [3.63, 3.8) is 0 Å². The van der Waals surface area contributed by atoms with E-state index in [1.807, 2.05) is 13.8 Å². The highest BCUT2D eigenvalue weighted by Gasteiger charge is 2.14. The standard InChI is InChI=1S/C11H17NO3/c1-3-8(2)9(13)7-12-11(14)10-5-4-6-15-10/h4-6,8-9,13H,3,7H2,1-2H3,(H,12,14). The molecule has 1 amide bonds. The van der Waals surface area contributed by atoms with Crippen molar-refractivity contribution in [1.29, 1.82) is 0 Å². The van der Waals surface area contributed by atoms with Crippen LogP contribution in [-0.2, 0) is 0 Å². The van der Waals surface area contributed by atoms with Gasteiger partial charge in [0, 0.05) is 6.54 Å². The third-order valence-corrected chi connectivity index (χ3v) is 2.52. The van der Waals surface area contributed by atoms with Gasteiger partial charge in [-0.2, -0.15) is 0 Å². The number of aliphatic hydroxyl groups is 1. The Morgan fingerprint density at radius 2 is 2.40 bits per heavy atom. The van der Waals surface area contributed by atoms with Crippen LogP contribution in [0.15, 0.2) is 22.8 Å². The summed E-state index contributed by atoms with van der Waals surface area (Å²) in [5.41, 5.74) is 0. The molecule has 4 heteroatoms. The number of nitrogens with one attached hydrogen (secondary N) is 1. The van der Waals surface area contributed by atoms with Crippen LogP contribution in [0.1, 0.15) is 30.8 Å². The molecular weight excluding hydrogens is 194 g/mol. The van der Waals surface area contributed by atoms with Gasteiger partial charge in [0.1, 0.15) is 0 Å². The van der Waals surface area contributed by atoms with E-state index in [0.717, 1.165) is 6.42 Å². The Morgan fingerprint density at radius 1 is 1.67 bits per heavy atom. The summed E-state index contributed by atoms with van der Waals surface area (Å²) in [6.45, 7) is 4.21. The van der Waals surface area contributed by atoms with Crippen molar-refractivity contribution in [3.05, 3.63) is 24.2 Å². The molecule has 0 aliphatic heterocycles. The molecule has 2 unspecified atom stereocenters. The Bertz CT molecular complexity index is 295. The Balaban J connectivity index is 2.34. The SMILES string of the molecule is CCC(C)C(O)CNC(=O)c1ccco1. The van der Waals surface area contributed by atoms with E-state index in [9.17, 15) is 9.90 Å². The van der Waals surface area contributed by atoms with E-state index in [0.29, 0.717) is 0 Å². The lowest BCUT2D eigenvalue weighted by molar-refractivity contribution is 0.0827. The van der Waals surface area contributed by atoms with Gasteiger partial charge in [-0.05, 0) is 18.1 Å². The van der Waals surface area contributed by atoms with Gasteiger partial charge in [0.05, 0.1) is 12.4 Å². The highest BCUT2D eigenvalue weighted by molar-refractivity contribution is 5.91. The molecule has 1 heterocycles. The summed E-state index contributed by atoms with van der Waals surface area (Å²) >= 11 is 0. The Kier molecular flexibility index (Phi) is 4.37. The van der Waals surface area contributed by atoms with Gasteiger partial charge in [0.25, 0.3) is 5.91 Å². The lowest BCUT2D eigenvalue weighted by Gasteiger charge is -2.16. The van der Waals surface area contributed by atoms with Crippen LogP contribution in [0.5, 0.6) is 0 Å².